The molecule has 44 heavy (non-hydrogen) atoms. The van der Waals surface area contributed by atoms with Gasteiger partial charge in [-0.15, -0.1) is 0 Å². The van der Waals surface area contributed by atoms with Gasteiger partial charge in [0.05, 0.1) is 50.5 Å². The molecule has 0 saturated carbocycles. The van der Waals surface area contributed by atoms with E-state index < -0.39 is 0 Å². The van der Waals surface area contributed by atoms with E-state index in [1.54, 1.807) is 12.1 Å². The first-order valence-corrected chi connectivity index (χ1v) is 14.2. The van der Waals surface area contributed by atoms with Crippen LogP contribution in [0.5, 0.6) is 0 Å². The highest BCUT2D eigenvalue weighted by atomic mass is 15.0. The summed E-state index contributed by atoms with van der Waals surface area (Å²) in [5.41, 5.74) is 8.53. The molecular weight excluding hydrogens is 538 g/mol. The molecule has 5 heteroatoms. The highest BCUT2D eigenvalue weighted by molar-refractivity contribution is 6.19. The number of rotatable bonds is 3. The Balaban J connectivity index is 1.48. The second-order valence-corrected chi connectivity index (χ2v) is 10.8. The molecule has 0 radical (unpaired) electrons. The summed E-state index contributed by atoms with van der Waals surface area (Å²) in [4.78, 5) is 0. The van der Waals surface area contributed by atoms with Crippen LogP contribution in [0.4, 0.5) is 0 Å². The molecule has 0 aliphatic rings. The van der Waals surface area contributed by atoms with Gasteiger partial charge in [-0.3, -0.25) is 0 Å². The number of nitrogens with zero attached hydrogens (tertiary/aromatic N) is 5. The van der Waals surface area contributed by atoms with Crippen molar-refractivity contribution < 1.29 is 0 Å². The fraction of sp³-hybridized carbons (Fsp3) is 0. The van der Waals surface area contributed by atoms with Gasteiger partial charge in [0, 0.05) is 27.2 Å². The van der Waals surface area contributed by atoms with E-state index in [9.17, 15) is 15.8 Å². The Kier molecular flexibility index (Phi) is 5.56. The molecule has 0 spiro atoms. The van der Waals surface area contributed by atoms with Crippen molar-refractivity contribution in [3.8, 4) is 40.7 Å². The van der Waals surface area contributed by atoms with E-state index in [1.165, 1.54) is 0 Å². The fourth-order valence-corrected chi connectivity index (χ4v) is 6.49. The lowest BCUT2D eigenvalue weighted by molar-refractivity contribution is 1.15. The minimum absolute atomic E-state index is 0.278. The summed E-state index contributed by atoms with van der Waals surface area (Å²) < 4.78 is 4.28. The van der Waals surface area contributed by atoms with Crippen LogP contribution in [0.3, 0.4) is 0 Å². The molecule has 0 atom stereocenters. The van der Waals surface area contributed by atoms with Crippen LogP contribution in [0, 0.1) is 34.0 Å². The first-order chi connectivity index (χ1) is 21.7. The predicted octanol–water partition coefficient (Wildman–Crippen LogP) is 9.16. The van der Waals surface area contributed by atoms with Crippen LogP contribution in [0.15, 0.2) is 127 Å². The summed E-state index contributed by atoms with van der Waals surface area (Å²) in [6.07, 6.45) is 0. The summed E-state index contributed by atoms with van der Waals surface area (Å²) in [6, 6.07) is 49.5. The minimum Gasteiger partial charge on any atom is -0.309 e. The second kappa shape index (κ2) is 9.74. The fourth-order valence-electron chi connectivity index (χ4n) is 6.49. The number of hydrogen-bond acceptors (Lipinski definition) is 3. The molecule has 202 valence electrons. The van der Waals surface area contributed by atoms with Crippen molar-refractivity contribution in [1.82, 2.24) is 9.13 Å². The molecule has 2 heterocycles. The molecule has 8 rings (SSSR count). The van der Waals surface area contributed by atoms with Crippen molar-refractivity contribution in [2.45, 2.75) is 0 Å². The molecule has 5 nitrogen and oxygen atoms in total. The molecular formula is C39H21N5. The number of nitriles is 3. The van der Waals surface area contributed by atoms with Crippen molar-refractivity contribution in [3.63, 3.8) is 0 Å². The quantitative estimate of drug-likeness (QED) is 0.216. The monoisotopic (exact) mass is 559 g/mol. The normalized spacial score (nSPS) is 11.1. The average molecular weight is 560 g/mol. The van der Waals surface area contributed by atoms with Gasteiger partial charge in [-0.2, -0.15) is 15.8 Å². The van der Waals surface area contributed by atoms with E-state index in [4.69, 9.17) is 0 Å². The Morgan fingerprint density at radius 2 is 0.932 bits per heavy atom. The largest absolute Gasteiger partial charge is 0.309 e. The molecule has 0 amide bonds. The summed E-state index contributed by atoms with van der Waals surface area (Å²) in [5.74, 6) is 0. The van der Waals surface area contributed by atoms with Gasteiger partial charge in [-0.05, 0) is 59.7 Å². The van der Waals surface area contributed by atoms with Crippen molar-refractivity contribution in [1.29, 1.82) is 15.8 Å². The maximum atomic E-state index is 10.2. The van der Waals surface area contributed by atoms with Crippen LogP contribution in [-0.4, -0.2) is 9.13 Å². The zero-order valence-electron chi connectivity index (χ0n) is 23.4. The van der Waals surface area contributed by atoms with Crippen LogP contribution >= 0.6 is 0 Å². The van der Waals surface area contributed by atoms with Crippen LogP contribution in [0.1, 0.15) is 16.7 Å². The Bertz CT molecular complexity index is 2530. The van der Waals surface area contributed by atoms with E-state index >= 15 is 0 Å². The van der Waals surface area contributed by atoms with Gasteiger partial charge in [-0.25, -0.2) is 0 Å². The molecule has 0 aliphatic carbocycles. The Labute approximate surface area is 252 Å². The van der Waals surface area contributed by atoms with Crippen LogP contribution < -0.4 is 0 Å². The van der Waals surface area contributed by atoms with Gasteiger partial charge in [0.15, 0.2) is 0 Å². The van der Waals surface area contributed by atoms with Gasteiger partial charge >= 0.3 is 0 Å². The number of para-hydroxylation sites is 2. The lowest BCUT2D eigenvalue weighted by atomic mass is 10.0. The minimum atomic E-state index is 0.278. The highest BCUT2D eigenvalue weighted by Gasteiger charge is 2.22. The van der Waals surface area contributed by atoms with Crippen LogP contribution in [-0.2, 0) is 0 Å². The highest BCUT2D eigenvalue weighted by Crippen LogP contribution is 2.40. The van der Waals surface area contributed by atoms with Crippen molar-refractivity contribution in [3.05, 3.63) is 144 Å². The van der Waals surface area contributed by atoms with Gasteiger partial charge < -0.3 is 9.13 Å². The SMILES string of the molecule is N#Cc1cc(C#N)c(-n2c3ccccc3c3cc4c5ccccc5n(-c5ccc(-c6ccccc6)cc5)c4cc32)c(C#N)c1. The van der Waals surface area contributed by atoms with Crippen molar-refractivity contribution >= 4 is 43.6 Å². The van der Waals surface area contributed by atoms with Crippen LogP contribution in [0.2, 0.25) is 0 Å². The Morgan fingerprint density at radius 3 is 1.52 bits per heavy atom. The third kappa shape index (κ3) is 3.63. The van der Waals surface area contributed by atoms with Crippen LogP contribution in [0.25, 0.3) is 66.1 Å². The smallest absolute Gasteiger partial charge is 0.101 e. The summed E-state index contributed by atoms with van der Waals surface area (Å²) in [7, 11) is 0. The molecule has 0 aliphatic heterocycles. The molecule has 0 fully saturated rings. The Morgan fingerprint density at radius 1 is 0.409 bits per heavy atom. The first-order valence-electron chi connectivity index (χ1n) is 14.2. The summed E-state index contributed by atoms with van der Waals surface area (Å²) in [5, 5.41) is 34.2. The Hall–Kier alpha value is -6.61. The molecule has 0 unspecified atom stereocenters. The van der Waals surface area contributed by atoms with E-state index in [0.717, 1.165) is 60.4 Å². The molecule has 2 aromatic heterocycles. The van der Waals surface area contributed by atoms with E-state index in [-0.39, 0.29) is 16.7 Å². The molecule has 0 N–H and O–H groups in total. The average Bonchev–Trinajstić information content (AvgIpc) is 3.59. The van der Waals surface area contributed by atoms with Gasteiger partial charge in [-0.1, -0.05) is 78.9 Å². The standard InChI is InChI=1S/C39H21N5/c40-22-25-18-28(23-41)39(29(19-25)24-42)44-36-13-7-5-11-32(36)34-20-33-31-10-4-6-12-35(31)43(37(33)21-38(34)44)30-16-14-27(15-17-30)26-8-2-1-3-9-26/h1-21H. The van der Waals surface area contributed by atoms with E-state index in [1.807, 2.05) is 41.0 Å². The third-order valence-corrected chi connectivity index (χ3v) is 8.40. The number of benzene rings is 6. The number of hydrogen-bond donors (Lipinski definition) is 0. The van der Waals surface area contributed by atoms with Gasteiger partial charge in [0.25, 0.3) is 0 Å². The summed E-state index contributed by atoms with van der Waals surface area (Å²) in [6.45, 7) is 0. The third-order valence-electron chi connectivity index (χ3n) is 8.40. The first kappa shape index (κ1) is 25.1. The lowest BCUT2D eigenvalue weighted by Gasteiger charge is -2.13. The van der Waals surface area contributed by atoms with Crippen molar-refractivity contribution in [2.75, 3.05) is 0 Å². The maximum Gasteiger partial charge on any atom is 0.101 e. The van der Waals surface area contributed by atoms with Gasteiger partial charge in [0.1, 0.15) is 12.1 Å². The topological polar surface area (TPSA) is 81.2 Å². The second-order valence-electron chi connectivity index (χ2n) is 10.8. The van der Waals surface area contributed by atoms with E-state index in [0.29, 0.717) is 5.69 Å². The zero-order valence-corrected chi connectivity index (χ0v) is 23.4. The molecule has 0 saturated heterocycles. The lowest BCUT2D eigenvalue weighted by Crippen LogP contribution is -2.02. The number of aromatic nitrogens is 2. The number of fused-ring (bicyclic) bond motifs is 6. The molecule has 6 aromatic carbocycles. The molecule has 8 aromatic rings. The zero-order chi connectivity index (χ0) is 29.8. The van der Waals surface area contributed by atoms with Gasteiger partial charge in [0.2, 0.25) is 0 Å². The maximum absolute atomic E-state index is 10.2. The summed E-state index contributed by atoms with van der Waals surface area (Å²) >= 11 is 0. The predicted molar refractivity (Wildman–Crippen MR) is 175 cm³/mol. The molecule has 0 bridgehead atoms. The van der Waals surface area contributed by atoms with Crippen molar-refractivity contribution in [2.24, 2.45) is 0 Å². The van der Waals surface area contributed by atoms with E-state index in [2.05, 4.69) is 102 Å².